The van der Waals surface area contributed by atoms with Gasteiger partial charge in [-0.2, -0.15) is 0 Å². The second-order valence-corrected chi connectivity index (χ2v) is 7.08. The minimum Gasteiger partial charge on any atom is -0.325 e. The summed E-state index contributed by atoms with van der Waals surface area (Å²) in [5.74, 6) is -0.510. The first-order valence-electron chi connectivity index (χ1n) is 4.56. The summed E-state index contributed by atoms with van der Waals surface area (Å²) in [7, 11) is -3.35. The largest absolute Gasteiger partial charge is 0.325 e. The third-order valence-electron chi connectivity index (χ3n) is 2.10. The summed E-state index contributed by atoms with van der Waals surface area (Å²) < 4.78 is 23.3. The van der Waals surface area contributed by atoms with Crippen molar-refractivity contribution in [2.45, 2.75) is 12.2 Å². The molecule has 0 bridgehead atoms. The van der Waals surface area contributed by atoms with Crippen LogP contribution in [-0.4, -0.2) is 25.8 Å². The smallest absolute Gasteiger partial charge is 0.242 e. The lowest BCUT2D eigenvalue weighted by Crippen LogP contribution is -2.31. The molecule has 0 spiro atoms. The summed E-state index contributed by atoms with van der Waals surface area (Å²) in [5.41, 5.74) is 0.604. The molecule has 4 nitrogen and oxygen atoms in total. The van der Waals surface area contributed by atoms with Gasteiger partial charge in [0, 0.05) is 15.5 Å². The van der Waals surface area contributed by atoms with E-state index in [1.165, 1.54) is 6.92 Å². The number of amides is 1. The van der Waals surface area contributed by atoms with Crippen molar-refractivity contribution in [1.29, 1.82) is 0 Å². The van der Waals surface area contributed by atoms with Gasteiger partial charge in [-0.1, -0.05) is 6.07 Å². The number of benzene rings is 1. The van der Waals surface area contributed by atoms with Crippen LogP contribution >= 0.6 is 22.6 Å². The fourth-order valence-electron chi connectivity index (χ4n) is 1.00. The van der Waals surface area contributed by atoms with E-state index in [1.807, 2.05) is 6.07 Å². The summed E-state index contributed by atoms with van der Waals surface area (Å²) in [5, 5.41) is 1.53. The third-order valence-corrected chi connectivity index (χ3v) is 4.27. The lowest BCUT2D eigenvalue weighted by Gasteiger charge is -2.10. The predicted octanol–water partition coefficient (Wildman–Crippen LogP) is 1.66. The van der Waals surface area contributed by atoms with Gasteiger partial charge in [0.1, 0.15) is 5.25 Å². The molecule has 0 radical (unpaired) electrons. The molecule has 16 heavy (non-hydrogen) atoms. The maximum atomic E-state index is 11.6. The normalized spacial score (nSPS) is 13.2. The highest BCUT2D eigenvalue weighted by atomic mass is 127. The van der Waals surface area contributed by atoms with Crippen molar-refractivity contribution in [2.24, 2.45) is 0 Å². The zero-order valence-electron chi connectivity index (χ0n) is 8.90. The summed E-state index contributed by atoms with van der Waals surface area (Å²) in [6, 6.07) is 7.17. The number of carbonyl (C=O) groups is 1. The van der Waals surface area contributed by atoms with Crippen LogP contribution in [0.5, 0.6) is 0 Å². The van der Waals surface area contributed by atoms with E-state index >= 15 is 0 Å². The van der Waals surface area contributed by atoms with Crippen molar-refractivity contribution >= 4 is 44.0 Å². The molecule has 0 fully saturated rings. The Hall–Kier alpha value is -0.630. The van der Waals surface area contributed by atoms with Crippen LogP contribution in [0.2, 0.25) is 0 Å². The molecule has 1 unspecified atom stereocenters. The number of hydrogen-bond acceptors (Lipinski definition) is 3. The molecule has 1 amide bonds. The number of nitrogens with one attached hydrogen (secondary N) is 1. The van der Waals surface area contributed by atoms with Gasteiger partial charge in [0.25, 0.3) is 0 Å². The van der Waals surface area contributed by atoms with Gasteiger partial charge in [-0.25, -0.2) is 8.42 Å². The van der Waals surface area contributed by atoms with Crippen LogP contribution < -0.4 is 5.32 Å². The molecule has 0 aromatic heterocycles. The second kappa shape index (κ2) is 5.13. The number of sulfone groups is 1. The number of anilines is 1. The summed E-state index contributed by atoms with van der Waals surface area (Å²) in [6.45, 7) is 1.37. The van der Waals surface area contributed by atoms with Gasteiger partial charge in [-0.15, -0.1) is 0 Å². The Labute approximate surface area is 108 Å². The van der Waals surface area contributed by atoms with Gasteiger partial charge in [0.05, 0.1) is 0 Å². The second-order valence-electron chi connectivity index (χ2n) is 3.47. The van der Waals surface area contributed by atoms with Crippen LogP contribution in [0.3, 0.4) is 0 Å². The monoisotopic (exact) mass is 353 g/mol. The Morgan fingerprint density at radius 1 is 1.44 bits per heavy atom. The average molecular weight is 353 g/mol. The molecule has 1 aromatic rings. The third kappa shape index (κ3) is 3.75. The first-order chi connectivity index (χ1) is 7.30. The van der Waals surface area contributed by atoms with Crippen molar-refractivity contribution < 1.29 is 13.2 Å². The number of carbonyl (C=O) groups excluding carboxylic acids is 1. The molecule has 0 saturated carbocycles. The Morgan fingerprint density at radius 3 is 2.56 bits per heavy atom. The van der Waals surface area contributed by atoms with Gasteiger partial charge >= 0.3 is 0 Å². The summed E-state index contributed by atoms with van der Waals surface area (Å²) >= 11 is 2.12. The van der Waals surface area contributed by atoms with E-state index in [0.29, 0.717) is 5.69 Å². The highest BCUT2D eigenvalue weighted by molar-refractivity contribution is 14.1. The number of rotatable bonds is 3. The Morgan fingerprint density at radius 2 is 2.06 bits per heavy atom. The van der Waals surface area contributed by atoms with Crippen LogP contribution in [0, 0.1) is 3.57 Å². The van der Waals surface area contributed by atoms with E-state index in [-0.39, 0.29) is 0 Å². The van der Waals surface area contributed by atoms with Crippen molar-refractivity contribution in [3.63, 3.8) is 0 Å². The Balaban J connectivity index is 2.80. The average Bonchev–Trinajstić information content (AvgIpc) is 2.15. The van der Waals surface area contributed by atoms with Gasteiger partial charge in [-0.05, 0) is 47.7 Å². The standard InChI is InChI=1S/C10H12INO3S/c1-7(16(2,14)15)10(13)12-9-5-3-4-8(11)6-9/h3-7H,1-2H3,(H,12,13). The van der Waals surface area contributed by atoms with Crippen LogP contribution in [0.4, 0.5) is 5.69 Å². The minimum absolute atomic E-state index is 0.510. The summed E-state index contributed by atoms with van der Waals surface area (Å²) in [4.78, 5) is 11.6. The molecule has 0 heterocycles. The zero-order valence-corrected chi connectivity index (χ0v) is 11.9. The molecule has 0 aliphatic carbocycles. The molecular weight excluding hydrogens is 341 g/mol. The van der Waals surface area contributed by atoms with Crippen molar-refractivity contribution in [2.75, 3.05) is 11.6 Å². The fourth-order valence-corrected chi connectivity index (χ4v) is 2.00. The van der Waals surface area contributed by atoms with E-state index < -0.39 is 21.0 Å². The Kier molecular flexibility index (Phi) is 4.31. The van der Waals surface area contributed by atoms with E-state index in [0.717, 1.165) is 9.83 Å². The van der Waals surface area contributed by atoms with Crippen molar-refractivity contribution in [3.05, 3.63) is 27.8 Å². The van der Waals surface area contributed by atoms with E-state index in [9.17, 15) is 13.2 Å². The first kappa shape index (κ1) is 13.4. The van der Waals surface area contributed by atoms with Crippen LogP contribution in [0.1, 0.15) is 6.92 Å². The van der Waals surface area contributed by atoms with Crippen molar-refractivity contribution in [1.82, 2.24) is 0 Å². The first-order valence-corrected chi connectivity index (χ1v) is 7.59. The molecule has 1 aromatic carbocycles. The molecule has 0 aliphatic rings. The molecule has 88 valence electrons. The van der Waals surface area contributed by atoms with Gasteiger partial charge in [0.2, 0.25) is 5.91 Å². The maximum Gasteiger partial charge on any atom is 0.242 e. The zero-order chi connectivity index (χ0) is 12.3. The SMILES string of the molecule is CC(C(=O)Nc1cccc(I)c1)S(C)(=O)=O. The lowest BCUT2D eigenvalue weighted by molar-refractivity contribution is -0.115. The molecule has 1 N–H and O–H groups in total. The highest BCUT2D eigenvalue weighted by Gasteiger charge is 2.23. The van der Waals surface area contributed by atoms with E-state index in [1.54, 1.807) is 18.2 Å². The van der Waals surface area contributed by atoms with Gasteiger partial charge in [0.15, 0.2) is 9.84 Å². The minimum atomic E-state index is -3.35. The number of halogens is 1. The molecule has 1 rings (SSSR count). The topological polar surface area (TPSA) is 63.2 Å². The van der Waals surface area contributed by atoms with E-state index in [2.05, 4.69) is 27.9 Å². The lowest BCUT2D eigenvalue weighted by atomic mass is 10.3. The maximum absolute atomic E-state index is 11.6. The molecule has 1 atom stereocenters. The summed E-state index contributed by atoms with van der Waals surface area (Å²) in [6.07, 6.45) is 1.05. The fraction of sp³-hybridized carbons (Fsp3) is 0.300. The van der Waals surface area contributed by atoms with Crippen LogP contribution in [0.25, 0.3) is 0 Å². The van der Waals surface area contributed by atoms with Crippen LogP contribution in [-0.2, 0) is 14.6 Å². The Bertz CT molecular complexity index is 499. The predicted molar refractivity (Wildman–Crippen MR) is 72.1 cm³/mol. The molecule has 0 saturated heterocycles. The number of hydrogen-bond donors (Lipinski definition) is 1. The van der Waals surface area contributed by atoms with Crippen LogP contribution in [0.15, 0.2) is 24.3 Å². The molecule has 0 aliphatic heterocycles. The van der Waals surface area contributed by atoms with E-state index in [4.69, 9.17) is 0 Å². The molecular formula is C10H12INO3S. The molecule has 6 heteroatoms. The highest BCUT2D eigenvalue weighted by Crippen LogP contribution is 2.13. The van der Waals surface area contributed by atoms with Gasteiger partial charge < -0.3 is 5.32 Å². The van der Waals surface area contributed by atoms with Crippen molar-refractivity contribution in [3.8, 4) is 0 Å². The quantitative estimate of drug-likeness (QED) is 0.841. The van der Waals surface area contributed by atoms with Gasteiger partial charge in [-0.3, -0.25) is 4.79 Å².